The molecule has 0 radical (unpaired) electrons. The Labute approximate surface area is 477 Å². The molecule has 3 unspecified atom stereocenters. The molecule has 1 saturated heterocycles. The number of nitrogens with one attached hydrogen (secondary N) is 7. The first-order valence-corrected chi connectivity index (χ1v) is 26.6. The quantitative estimate of drug-likeness (QED) is 0.0233. The van der Waals surface area contributed by atoms with E-state index in [4.69, 9.17) is 5.11 Å². The maximum atomic E-state index is 14.3. The van der Waals surface area contributed by atoms with Crippen molar-refractivity contribution in [1.82, 2.24) is 56.8 Å². The van der Waals surface area contributed by atoms with Gasteiger partial charge in [-0.2, -0.15) is 0 Å². The molecule has 5 atom stereocenters. The summed E-state index contributed by atoms with van der Waals surface area (Å²) in [6.45, 7) is 2.85. The molecule has 0 aromatic heterocycles. The zero-order valence-corrected chi connectivity index (χ0v) is 45.9. The molecule has 0 spiro atoms. The monoisotopic (exact) mass is 1180 g/mol. The molecule has 2 rings (SSSR count). The summed E-state index contributed by atoms with van der Waals surface area (Å²) in [5.41, 5.74) is 0.607. The van der Waals surface area contributed by atoms with Crippen LogP contribution in [0, 0.1) is 0 Å². The van der Waals surface area contributed by atoms with Crippen molar-refractivity contribution < 1.29 is 98.1 Å². The maximum absolute atomic E-state index is 14.3. The van der Waals surface area contributed by atoms with Gasteiger partial charge in [-0.05, 0) is 44.1 Å². The Bertz CT molecular complexity index is 2380. The van der Waals surface area contributed by atoms with Gasteiger partial charge in [-0.1, -0.05) is 48.6 Å². The molecule has 14 N–H and O–H groups in total. The van der Waals surface area contributed by atoms with Gasteiger partial charge in [0.2, 0.25) is 29.5 Å². The molecule has 0 saturated carbocycles. The number of hydrogen-bond donors (Lipinski definition) is 14. The highest BCUT2D eigenvalue weighted by atomic mass is 16.4. The van der Waals surface area contributed by atoms with E-state index in [0.29, 0.717) is 18.4 Å². The fraction of sp³-hybridized carbons (Fsp3) is 0.558. The van der Waals surface area contributed by atoms with Gasteiger partial charge < -0.3 is 73.0 Å². The van der Waals surface area contributed by atoms with Crippen LogP contribution in [0.1, 0.15) is 63.4 Å². The molecule has 31 nitrogen and oxygen atoms in total. The molecule has 83 heavy (non-hydrogen) atoms. The lowest BCUT2D eigenvalue weighted by Gasteiger charge is -2.33. The van der Waals surface area contributed by atoms with Crippen LogP contribution < -0.4 is 37.2 Å². The van der Waals surface area contributed by atoms with E-state index in [1.807, 2.05) is 10.6 Å². The van der Waals surface area contributed by atoms with E-state index >= 15 is 0 Å². The van der Waals surface area contributed by atoms with Crippen LogP contribution in [0.15, 0.2) is 55.1 Å². The van der Waals surface area contributed by atoms with Gasteiger partial charge in [-0.15, -0.1) is 6.58 Å². The molecule has 1 aliphatic rings. The molecule has 1 fully saturated rings. The number of nitrogens with zero attached hydrogens (tertiary/aromatic N) is 4. The Hall–Kier alpha value is -8.55. The molecule has 1 aromatic carbocycles. The molecule has 0 aliphatic carbocycles. The zero-order chi connectivity index (χ0) is 61.9. The van der Waals surface area contributed by atoms with Crippen LogP contribution in [0.4, 0.5) is 4.79 Å². The number of allylic oxidation sites excluding steroid dienone is 2. The summed E-state index contributed by atoms with van der Waals surface area (Å²) in [5.74, 6) is -13.2. The van der Waals surface area contributed by atoms with Gasteiger partial charge >= 0.3 is 47.8 Å². The van der Waals surface area contributed by atoms with E-state index in [1.165, 1.54) is 0 Å². The smallest absolute Gasteiger partial charge is 0.326 e. The first-order valence-electron chi connectivity index (χ1n) is 26.6. The summed E-state index contributed by atoms with van der Waals surface area (Å²) >= 11 is 0. The number of hydrogen-bond acceptors (Lipinski definition) is 17. The first-order chi connectivity index (χ1) is 39.3. The van der Waals surface area contributed by atoms with Crippen LogP contribution >= 0.6 is 0 Å². The summed E-state index contributed by atoms with van der Waals surface area (Å²) < 4.78 is 0. The second-order valence-electron chi connectivity index (χ2n) is 19.2. The van der Waals surface area contributed by atoms with Crippen LogP contribution in [0.25, 0.3) is 0 Å². The molecule has 1 heterocycles. The first kappa shape index (κ1) is 70.6. The molecular formula is C52H77N11O20. The maximum Gasteiger partial charge on any atom is 0.326 e. The Kier molecular flexibility index (Phi) is 33.1. The number of rotatable bonds is 37. The van der Waals surface area contributed by atoms with Crippen molar-refractivity contribution in [3.63, 3.8) is 0 Å². The second-order valence-corrected chi connectivity index (χ2v) is 19.2. The van der Waals surface area contributed by atoms with Gasteiger partial charge in [-0.25, -0.2) is 19.2 Å². The number of unbranched alkanes of at least 4 members (excludes halogenated alkanes) is 1. The lowest BCUT2D eigenvalue weighted by atomic mass is 10.0. The number of urea groups is 1. The van der Waals surface area contributed by atoms with E-state index in [1.54, 1.807) is 68.2 Å². The number of amides is 7. The fourth-order valence-corrected chi connectivity index (χ4v) is 8.16. The van der Waals surface area contributed by atoms with E-state index in [0.717, 1.165) is 0 Å². The predicted octanol–water partition coefficient (Wildman–Crippen LogP) is -2.98. The van der Waals surface area contributed by atoms with Crippen molar-refractivity contribution in [2.45, 2.75) is 94.4 Å². The Morgan fingerprint density at radius 1 is 0.446 bits per heavy atom. The van der Waals surface area contributed by atoms with E-state index < -0.39 is 159 Å². The molecule has 1 aromatic rings. The van der Waals surface area contributed by atoms with Gasteiger partial charge in [0, 0.05) is 91.1 Å². The summed E-state index contributed by atoms with van der Waals surface area (Å²) in [6, 6.07) is -0.374. The van der Waals surface area contributed by atoms with Gasteiger partial charge in [0.05, 0.1) is 26.2 Å². The molecule has 1 aliphatic heterocycles. The van der Waals surface area contributed by atoms with Crippen molar-refractivity contribution in [1.29, 1.82) is 0 Å². The molecule has 460 valence electrons. The summed E-state index contributed by atoms with van der Waals surface area (Å²) in [4.78, 5) is 168. The van der Waals surface area contributed by atoms with E-state index in [2.05, 4.69) is 33.2 Å². The number of carbonyl (C=O) groups excluding carboxylic acids is 6. The minimum absolute atomic E-state index is 0.0787. The Morgan fingerprint density at radius 2 is 0.843 bits per heavy atom. The standard InChI is InChI=1S/C52H77N11O20/c1-2-3-4-5-9-12-35(47(75)57-36(49(77)78)13-16-40(64)53-19-20-54-41(65)17-14-37(50(79)80)58-52(83)59-38(51(81)82)15-18-43(67)68)56-48(76)39(29-34-10-7-6-8-11-34)55-42(66)30-60-21-23-61(31-44(69)70)25-27-63(33-46(73)74)28-26-62(24-22-60)32-45(71)72/h2,5-11,35-39H,1,3-4,12-33H2,(H,53,64)(H,54,65)(H,55,66)(H,56,76)(H,57,75)(H,67,68)(H,69,70)(H,71,72)(H,73,74)(H,77,78)(H,79,80)(H,81,82)(H2,58,59,83)/b9-5+/t35?,36-,37?,38+,39?/m1/s1. The van der Waals surface area contributed by atoms with E-state index in [9.17, 15) is 93.0 Å². The highest BCUT2D eigenvalue weighted by Crippen LogP contribution is 2.09. The second kappa shape index (κ2) is 39.0. The summed E-state index contributed by atoms with van der Waals surface area (Å²) in [5, 5.41) is 83.0. The topological polar surface area (TPSA) is 461 Å². The van der Waals surface area contributed by atoms with Crippen LogP contribution in [0.3, 0.4) is 0 Å². The number of benzene rings is 1. The van der Waals surface area contributed by atoms with Crippen LogP contribution in [-0.2, 0) is 64.0 Å². The third-order valence-corrected chi connectivity index (χ3v) is 12.6. The van der Waals surface area contributed by atoms with Crippen molar-refractivity contribution in [2.75, 3.05) is 91.6 Å². The number of aliphatic carboxylic acids is 7. The average Bonchev–Trinajstić information content (AvgIpc) is 3.44. The molecule has 7 amide bonds. The average molecular weight is 1180 g/mol. The SMILES string of the molecule is C=CCC/C=C/CC(NC(=O)C(Cc1ccccc1)NC(=O)CN1CCN(CC(=O)O)CCN(CC(=O)O)CCN(CC(=O)O)CC1)C(=O)N[C@H](CCC(=O)NCCNC(=O)CCC(NC(=O)N[C@@H](CCC(=O)O)C(=O)O)C(=O)O)C(=O)O. The fourth-order valence-electron chi connectivity index (χ4n) is 8.16. The van der Waals surface area contributed by atoms with Crippen molar-refractivity contribution in [3.05, 3.63) is 60.7 Å². The van der Waals surface area contributed by atoms with Crippen LogP contribution in [0.2, 0.25) is 0 Å². The normalized spacial score (nSPS) is 15.7. The number of carbonyl (C=O) groups is 13. The largest absolute Gasteiger partial charge is 0.481 e. The Morgan fingerprint density at radius 3 is 1.25 bits per heavy atom. The van der Waals surface area contributed by atoms with Gasteiger partial charge in [-0.3, -0.25) is 62.8 Å². The summed E-state index contributed by atoms with van der Waals surface area (Å²) in [7, 11) is 0. The lowest BCUT2D eigenvalue weighted by molar-refractivity contribution is -0.143. The van der Waals surface area contributed by atoms with Crippen molar-refractivity contribution in [2.24, 2.45) is 0 Å². The van der Waals surface area contributed by atoms with Gasteiger partial charge in [0.1, 0.15) is 30.2 Å². The van der Waals surface area contributed by atoms with E-state index in [-0.39, 0.29) is 91.4 Å². The third-order valence-electron chi connectivity index (χ3n) is 12.6. The summed E-state index contributed by atoms with van der Waals surface area (Å²) in [6.07, 6.45) is 2.98. The third kappa shape index (κ3) is 31.9. The Balaban J connectivity index is 2.17. The lowest BCUT2D eigenvalue weighted by Crippen LogP contribution is -2.57. The zero-order valence-electron chi connectivity index (χ0n) is 45.9. The van der Waals surface area contributed by atoms with Crippen molar-refractivity contribution >= 4 is 77.4 Å². The predicted molar refractivity (Wildman–Crippen MR) is 291 cm³/mol. The van der Waals surface area contributed by atoms with Gasteiger partial charge in [0.15, 0.2) is 0 Å². The highest BCUT2D eigenvalue weighted by molar-refractivity contribution is 5.94. The minimum atomic E-state index is -1.66. The van der Waals surface area contributed by atoms with Crippen LogP contribution in [-0.4, -0.2) is 255 Å². The molecular weight excluding hydrogens is 1100 g/mol. The number of carboxylic acid groups (broad SMARTS) is 7. The van der Waals surface area contributed by atoms with Gasteiger partial charge in [0.25, 0.3) is 0 Å². The minimum Gasteiger partial charge on any atom is -0.481 e. The van der Waals surface area contributed by atoms with Crippen molar-refractivity contribution in [3.8, 4) is 0 Å². The van der Waals surface area contributed by atoms with Crippen LogP contribution in [0.5, 0.6) is 0 Å². The highest BCUT2D eigenvalue weighted by Gasteiger charge is 2.31. The molecule has 31 heteroatoms. The number of carboxylic acids is 7. The molecule has 0 bridgehead atoms.